The fourth-order valence-electron chi connectivity index (χ4n) is 2.27. The van der Waals surface area contributed by atoms with E-state index in [0.29, 0.717) is 5.69 Å². The molecule has 1 fully saturated rings. The monoisotopic (exact) mass is 263 g/mol. The highest BCUT2D eigenvalue weighted by Crippen LogP contribution is 2.19. The van der Waals surface area contributed by atoms with Gasteiger partial charge in [0, 0.05) is 18.7 Å². The molecule has 1 aromatic carbocycles. The Morgan fingerprint density at radius 2 is 1.95 bits per heavy atom. The number of benzene rings is 1. The minimum absolute atomic E-state index is 0.154. The highest BCUT2D eigenvalue weighted by atomic mass is 16.3. The van der Waals surface area contributed by atoms with Gasteiger partial charge in [-0.25, -0.2) is 0 Å². The molecule has 2 atom stereocenters. The predicted molar refractivity (Wildman–Crippen MR) is 69.9 cm³/mol. The number of likely N-dealkylation sites (tertiary alicyclic amines) is 1. The summed E-state index contributed by atoms with van der Waals surface area (Å²) in [6.07, 6.45) is -0.313. The summed E-state index contributed by atoms with van der Waals surface area (Å²) in [6.45, 7) is 0.154. The van der Waals surface area contributed by atoms with Crippen molar-refractivity contribution < 1.29 is 14.7 Å². The molecule has 6 nitrogen and oxygen atoms in total. The molecule has 1 heterocycles. The Kier molecular flexibility index (Phi) is 3.71. The van der Waals surface area contributed by atoms with Gasteiger partial charge in [-0.1, -0.05) is 12.1 Å². The minimum atomic E-state index is -0.712. The van der Waals surface area contributed by atoms with Crippen LogP contribution in [0.4, 0.5) is 5.69 Å². The Labute approximate surface area is 111 Å². The molecule has 0 radical (unpaired) electrons. The lowest BCUT2D eigenvalue weighted by atomic mass is 10.1. The molecule has 1 aromatic rings. The van der Waals surface area contributed by atoms with Gasteiger partial charge in [-0.2, -0.15) is 0 Å². The maximum absolute atomic E-state index is 12.1. The highest BCUT2D eigenvalue weighted by Gasteiger charge is 2.37. The second-order valence-corrected chi connectivity index (χ2v) is 4.77. The van der Waals surface area contributed by atoms with E-state index in [0.717, 1.165) is 5.56 Å². The average molecular weight is 263 g/mol. The summed E-state index contributed by atoms with van der Waals surface area (Å²) in [6, 6.07) is 6.24. The van der Waals surface area contributed by atoms with Gasteiger partial charge in [-0.3, -0.25) is 9.59 Å². The lowest BCUT2D eigenvalue weighted by Gasteiger charge is -2.21. The molecule has 5 N–H and O–H groups in total. The summed E-state index contributed by atoms with van der Waals surface area (Å²) in [5.74, 6) is -0.799. The van der Waals surface area contributed by atoms with Crippen molar-refractivity contribution >= 4 is 17.5 Å². The molecule has 102 valence electrons. The highest BCUT2D eigenvalue weighted by molar-refractivity contribution is 5.88. The van der Waals surface area contributed by atoms with Crippen LogP contribution in [-0.2, 0) is 16.0 Å². The number of anilines is 1. The van der Waals surface area contributed by atoms with Crippen LogP contribution < -0.4 is 11.5 Å². The van der Waals surface area contributed by atoms with Crippen LogP contribution >= 0.6 is 0 Å². The number of carbonyl (C=O) groups is 2. The van der Waals surface area contributed by atoms with E-state index < -0.39 is 18.1 Å². The van der Waals surface area contributed by atoms with E-state index in [9.17, 15) is 14.7 Å². The standard InChI is InChI=1S/C13H17N3O3/c14-9-3-1-8(2-4-9)5-12(18)16-7-10(17)6-11(16)13(15)19/h1-4,10-11,17H,5-7,14H2,(H2,15,19). The number of hydrogen-bond donors (Lipinski definition) is 3. The third-order valence-corrected chi connectivity index (χ3v) is 3.26. The van der Waals surface area contributed by atoms with Crippen LogP contribution in [0.2, 0.25) is 0 Å². The number of hydrogen-bond acceptors (Lipinski definition) is 4. The van der Waals surface area contributed by atoms with Gasteiger partial charge in [-0.15, -0.1) is 0 Å². The normalized spacial score (nSPS) is 22.5. The quantitative estimate of drug-likeness (QED) is 0.624. The maximum Gasteiger partial charge on any atom is 0.240 e. The molecule has 2 amide bonds. The van der Waals surface area contributed by atoms with Crippen molar-refractivity contribution in [2.45, 2.75) is 25.0 Å². The number of amides is 2. The average Bonchev–Trinajstić information content (AvgIpc) is 2.74. The zero-order valence-electron chi connectivity index (χ0n) is 10.5. The molecule has 1 aliphatic rings. The van der Waals surface area contributed by atoms with Gasteiger partial charge in [0.2, 0.25) is 11.8 Å². The fourth-order valence-corrected chi connectivity index (χ4v) is 2.27. The Morgan fingerprint density at radius 3 is 2.53 bits per heavy atom. The van der Waals surface area contributed by atoms with Crippen LogP contribution in [0.3, 0.4) is 0 Å². The van der Waals surface area contributed by atoms with Crippen molar-refractivity contribution in [3.8, 4) is 0 Å². The third-order valence-electron chi connectivity index (χ3n) is 3.26. The first kappa shape index (κ1) is 13.4. The molecule has 0 spiro atoms. The van der Waals surface area contributed by atoms with Crippen molar-refractivity contribution in [1.29, 1.82) is 0 Å². The summed E-state index contributed by atoms with van der Waals surface area (Å²) < 4.78 is 0. The van der Waals surface area contributed by atoms with Crippen LogP contribution in [0.25, 0.3) is 0 Å². The number of aliphatic hydroxyl groups is 1. The number of β-amino-alcohol motifs (C(OH)–C–C–N with tert-alkyl or cyclic N) is 1. The number of primary amides is 1. The number of nitrogen functional groups attached to an aromatic ring is 1. The summed E-state index contributed by atoms with van der Waals surface area (Å²) >= 11 is 0. The first-order valence-corrected chi connectivity index (χ1v) is 6.08. The molecule has 0 aromatic heterocycles. The zero-order valence-corrected chi connectivity index (χ0v) is 10.5. The van der Waals surface area contributed by atoms with E-state index in [1.807, 2.05) is 0 Å². The van der Waals surface area contributed by atoms with Crippen LogP contribution in [0, 0.1) is 0 Å². The summed E-state index contributed by atoms with van der Waals surface area (Å²) in [5, 5.41) is 9.55. The molecule has 1 saturated heterocycles. The van der Waals surface area contributed by atoms with Gasteiger partial charge >= 0.3 is 0 Å². The van der Waals surface area contributed by atoms with Gasteiger partial charge in [0.05, 0.1) is 12.5 Å². The largest absolute Gasteiger partial charge is 0.399 e. The Bertz CT molecular complexity index is 486. The van der Waals surface area contributed by atoms with Gasteiger partial charge in [-0.05, 0) is 17.7 Å². The number of rotatable bonds is 3. The van der Waals surface area contributed by atoms with E-state index in [2.05, 4.69) is 0 Å². The van der Waals surface area contributed by atoms with E-state index >= 15 is 0 Å². The first-order chi connectivity index (χ1) is 8.97. The van der Waals surface area contributed by atoms with E-state index in [4.69, 9.17) is 11.5 Å². The second-order valence-electron chi connectivity index (χ2n) is 4.77. The second kappa shape index (κ2) is 5.27. The predicted octanol–water partition coefficient (Wildman–Crippen LogP) is -0.742. The van der Waals surface area contributed by atoms with E-state index in [1.54, 1.807) is 24.3 Å². The lowest BCUT2D eigenvalue weighted by molar-refractivity contribution is -0.136. The molecule has 0 saturated carbocycles. The molecule has 0 aliphatic carbocycles. The lowest BCUT2D eigenvalue weighted by Crippen LogP contribution is -2.44. The molecule has 1 aliphatic heterocycles. The van der Waals surface area contributed by atoms with Gasteiger partial charge in [0.15, 0.2) is 0 Å². The summed E-state index contributed by atoms with van der Waals surface area (Å²) in [4.78, 5) is 24.7. The molecule has 6 heteroatoms. The number of aliphatic hydroxyl groups excluding tert-OH is 1. The summed E-state index contributed by atoms with van der Waals surface area (Å²) in [5.41, 5.74) is 12.2. The molecular weight excluding hydrogens is 246 g/mol. The first-order valence-electron chi connectivity index (χ1n) is 6.08. The molecule has 2 unspecified atom stereocenters. The molecule has 19 heavy (non-hydrogen) atoms. The van der Waals surface area contributed by atoms with Crippen molar-refractivity contribution in [1.82, 2.24) is 4.90 Å². The fraction of sp³-hybridized carbons (Fsp3) is 0.385. The van der Waals surface area contributed by atoms with Gasteiger partial charge in [0.1, 0.15) is 6.04 Å². The van der Waals surface area contributed by atoms with Crippen LogP contribution in [0.5, 0.6) is 0 Å². The SMILES string of the molecule is NC(=O)C1CC(O)CN1C(=O)Cc1ccc(N)cc1. The van der Waals surface area contributed by atoms with Crippen LogP contribution in [0.1, 0.15) is 12.0 Å². The third kappa shape index (κ3) is 3.03. The Balaban J connectivity index is 2.06. The number of nitrogens with two attached hydrogens (primary N) is 2. The summed E-state index contributed by atoms with van der Waals surface area (Å²) in [7, 11) is 0. The van der Waals surface area contributed by atoms with Crippen molar-refractivity contribution in [3.63, 3.8) is 0 Å². The maximum atomic E-state index is 12.1. The number of nitrogens with zero attached hydrogens (tertiary/aromatic N) is 1. The number of carbonyl (C=O) groups excluding carboxylic acids is 2. The van der Waals surface area contributed by atoms with E-state index in [1.165, 1.54) is 4.90 Å². The smallest absolute Gasteiger partial charge is 0.240 e. The minimum Gasteiger partial charge on any atom is -0.399 e. The Hall–Kier alpha value is -2.08. The topological polar surface area (TPSA) is 110 Å². The van der Waals surface area contributed by atoms with Gasteiger partial charge in [0.25, 0.3) is 0 Å². The Morgan fingerprint density at radius 1 is 1.32 bits per heavy atom. The van der Waals surface area contributed by atoms with Crippen LogP contribution in [-0.4, -0.2) is 40.5 Å². The van der Waals surface area contributed by atoms with E-state index in [-0.39, 0.29) is 25.3 Å². The van der Waals surface area contributed by atoms with Crippen molar-refractivity contribution in [2.75, 3.05) is 12.3 Å². The van der Waals surface area contributed by atoms with Crippen molar-refractivity contribution in [3.05, 3.63) is 29.8 Å². The zero-order chi connectivity index (χ0) is 14.0. The molecule has 2 rings (SSSR count). The van der Waals surface area contributed by atoms with Crippen molar-refractivity contribution in [2.24, 2.45) is 5.73 Å². The van der Waals surface area contributed by atoms with Crippen LogP contribution in [0.15, 0.2) is 24.3 Å². The van der Waals surface area contributed by atoms with Gasteiger partial charge < -0.3 is 21.5 Å². The molecule has 0 bridgehead atoms. The molecular formula is C13H17N3O3.